The van der Waals surface area contributed by atoms with E-state index < -0.39 is 5.51 Å². The van der Waals surface area contributed by atoms with E-state index >= 15 is 0 Å². The molecule has 0 saturated carbocycles. The van der Waals surface area contributed by atoms with Crippen LogP contribution in [0.4, 0.5) is 13.2 Å². The predicted octanol–water partition coefficient (Wildman–Crippen LogP) is 3.97. The second-order valence-corrected chi connectivity index (χ2v) is 4.43. The summed E-state index contributed by atoms with van der Waals surface area (Å²) in [6.45, 7) is 0. The van der Waals surface area contributed by atoms with Gasteiger partial charge in [0.05, 0.1) is 0 Å². The first-order valence-electron chi connectivity index (χ1n) is 4.47. The third kappa shape index (κ3) is 5.38. The molecule has 0 saturated heterocycles. The molecule has 0 atom stereocenters. The summed E-state index contributed by atoms with van der Waals surface area (Å²) in [4.78, 5) is 0.173. The standard InChI is InChI=1S/C11H9F3S2/c12-11(13,14)16-10-6-4-9(5-7-10)3-1-2-8-15/h4-7,15H,2,8H2. The molecule has 1 aromatic rings. The van der Waals surface area contributed by atoms with Crippen molar-refractivity contribution in [2.75, 3.05) is 5.75 Å². The fraction of sp³-hybridized carbons (Fsp3) is 0.273. The van der Waals surface area contributed by atoms with Gasteiger partial charge in [0.1, 0.15) is 0 Å². The molecule has 0 fully saturated rings. The topological polar surface area (TPSA) is 0 Å². The minimum atomic E-state index is -4.24. The molecule has 1 aromatic carbocycles. The highest BCUT2D eigenvalue weighted by molar-refractivity contribution is 8.00. The number of rotatable bonds is 2. The van der Waals surface area contributed by atoms with Crippen LogP contribution in [0.15, 0.2) is 29.2 Å². The molecular weight excluding hydrogens is 253 g/mol. The smallest absolute Gasteiger partial charge is 0.178 e. The van der Waals surface area contributed by atoms with Crippen molar-refractivity contribution in [3.63, 3.8) is 0 Å². The molecule has 0 aliphatic carbocycles. The Morgan fingerprint density at radius 2 is 1.81 bits per heavy atom. The van der Waals surface area contributed by atoms with Gasteiger partial charge in [0.25, 0.3) is 0 Å². The van der Waals surface area contributed by atoms with Crippen LogP contribution in [0, 0.1) is 11.8 Å². The Labute approximate surface area is 102 Å². The molecule has 5 heteroatoms. The Balaban J connectivity index is 2.66. The Kier molecular flexibility index (Phi) is 5.10. The molecule has 0 unspecified atom stereocenters. The number of thiol groups is 1. The number of thioether (sulfide) groups is 1. The van der Waals surface area contributed by atoms with Crippen LogP contribution in [0.3, 0.4) is 0 Å². The first-order chi connectivity index (χ1) is 7.51. The van der Waals surface area contributed by atoms with Gasteiger partial charge in [-0.15, -0.1) is 0 Å². The summed E-state index contributed by atoms with van der Waals surface area (Å²) in [7, 11) is 0. The van der Waals surface area contributed by atoms with Crippen molar-refractivity contribution in [1.29, 1.82) is 0 Å². The molecule has 0 spiro atoms. The summed E-state index contributed by atoms with van der Waals surface area (Å²) in [5.74, 6) is 6.39. The highest BCUT2D eigenvalue weighted by atomic mass is 32.2. The van der Waals surface area contributed by atoms with Crippen molar-refractivity contribution in [3.8, 4) is 11.8 Å². The summed E-state index contributed by atoms with van der Waals surface area (Å²) in [5, 5.41) is 0. The van der Waals surface area contributed by atoms with E-state index in [2.05, 4.69) is 24.5 Å². The Bertz CT molecular complexity index is 384. The van der Waals surface area contributed by atoms with Gasteiger partial charge in [-0.1, -0.05) is 11.8 Å². The maximum absolute atomic E-state index is 12.0. The predicted molar refractivity (Wildman–Crippen MR) is 63.7 cm³/mol. The highest BCUT2D eigenvalue weighted by Crippen LogP contribution is 2.36. The first kappa shape index (κ1) is 13.3. The van der Waals surface area contributed by atoms with Gasteiger partial charge >= 0.3 is 5.51 Å². The lowest BCUT2D eigenvalue weighted by Gasteiger charge is -2.04. The van der Waals surface area contributed by atoms with E-state index in [-0.39, 0.29) is 16.7 Å². The number of halogens is 3. The summed E-state index contributed by atoms with van der Waals surface area (Å²) in [6.07, 6.45) is 0.669. The van der Waals surface area contributed by atoms with Crippen molar-refractivity contribution in [2.24, 2.45) is 0 Å². The van der Waals surface area contributed by atoms with Crippen LogP contribution in [0.2, 0.25) is 0 Å². The number of hydrogen-bond donors (Lipinski definition) is 1. The van der Waals surface area contributed by atoms with Gasteiger partial charge in [-0.3, -0.25) is 0 Å². The average molecular weight is 262 g/mol. The van der Waals surface area contributed by atoms with Crippen molar-refractivity contribution < 1.29 is 13.2 Å². The monoisotopic (exact) mass is 262 g/mol. The van der Waals surface area contributed by atoms with E-state index in [0.717, 1.165) is 0 Å². The van der Waals surface area contributed by atoms with Crippen molar-refractivity contribution in [1.82, 2.24) is 0 Å². The van der Waals surface area contributed by atoms with Gasteiger partial charge in [0.15, 0.2) is 0 Å². The van der Waals surface area contributed by atoms with Crippen molar-refractivity contribution in [3.05, 3.63) is 29.8 Å². The number of alkyl halides is 3. The van der Waals surface area contributed by atoms with Gasteiger partial charge in [0, 0.05) is 22.6 Å². The lowest BCUT2D eigenvalue weighted by Crippen LogP contribution is -1.98. The van der Waals surface area contributed by atoms with E-state index in [1.54, 1.807) is 12.1 Å². The molecule has 1 rings (SSSR count). The largest absolute Gasteiger partial charge is 0.446 e. The summed E-state index contributed by atoms with van der Waals surface area (Å²) in [6, 6.07) is 6.00. The summed E-state index contributed by atoms with van der Waals surface area (Å²) in [5.41, 5.74) is -3.52. The zero-order valence-corrected chi connectivity index (χ0v) is 9.92. The molecule has 0 bridgehead atoms. The maximum Gasteiger partial charge on any atom is 0.446 e. The fourth-order valence-electron chi connectivity index (χ4n) is 0.960. The van der Waals surface area contributed by atoms with Gasteiger partial charge in [-0.25, -0.2) is 0 Å². The second kappa shape index (κ2) is 6.12. The molecule has 0 aliphatic heterocycles. The molecule has 86 valence electrons. The number of hydrogen-bond acceptors (Lipinski definition) is 2. The summed E-state index contributed by atoms with van der Waals surface area (Å²) < 4.78 is 36.1. The normalized spacial score (nSPS) is 10.8. The van der Waals surface area contributed by atoms with E-state index in [0.29, 0.717) is 17.7 Å². The van der Waals surface area contributed by atoms with Crippen LogP contribution in [0.1, 0.15) is 12.0 Å². The van der Waals surface area contributed by atoms with Crippen LogP contribution < -0.4 is 0 Å². The zero-order valence-electron chi connectivity index (χ0n) is 8.21. The fourth-order valence-corrected chi connectivity index (χ4v) is 1.61. The zero-order chi connectivity index (χ0) is 12.0. The molecule has 0 nitrogen and oxygen atoms in total. The van der Waals surface area contributed by atoms with Crippen molar-refractivity contribution >= 4 is 24.4 Å². The van der Waals surface area contributed by atoms with E-state index in [1.165, 1.54) is 12.1 Å². The van der Waals surface area contributed by atoms with E-state index in [9.17, 15) is 13.2 Å². The molecule has 0 heterocycles. The number of benzene rings is 1. The molecule has 0 aliphatic rings. The molecule has 0 radical (unpaired) electrons. The molecule has 16 heavy (non-hydrogen) atoms. The summed E-state index contributed by atoms with van der Waals surface area (Å²) >= 11 is 3.88. The molecular formula is C11H9F3S2. The quantitative estimate of drug-likeness (QED) is 0.478. The van der Waals surface area contributed by atoms with Crippen molar-refractivity contribution in [2.45, 2.75) is 16.8 Å². The Morgan fingerprint density at radius 1 is 1.19 bits per heavy atom. The van der Waals surface area contributed by atoms with Crippen LogP contribution in [0.25, 0.3) is 0 Å². The second-order valence-electron chi connectivity index (χ2n) is 2.85. The van der Waals surface area contributed by atoms with Gasteiger partial charge in [-0.05, 0) is 36.0 Å². The van der Waals surface area contributed by atoms with Crippen LogP contribution in [0.5, 0.6) is 0 Å². The van der Waals surface area contributed by atoms with Gasteiger partial charge < -0.3 is 0 Å². The van der Waals surface area contributed by atoms with E-state index in [1.807, 2.05) is 0 Å². The minimum absolute atomic E-state index is 0.123. The van der Waals surface area contributed by atoms with Crippen LogP contribution >= 0.6 is 24.4 Å². The lowest BCUT2D eigenvalue weighted by atomic mass is 10.2. The SMILES string of the molecule is FC(F)(F)Sc1ccc(C#CCCS)cc1. The average Bonchev–Trinajstić information content (AvgIpc) is 2.19. The van der Waals surface area contributed by atoms with Crippen LogP contribution in [-0.2, 0) is 0 Å². The molecule has 0 aromatic heterocycles. The molecule has 0 N–H and O–H groups in total. The third-order valence-electron chi connectivity index (χ3n) is 1.56. The first-order valence-corrected chi connectivity index (χ1v) is 5.92. The maximum atomic E-state index is 12.0. The lowest BCUT2D eigenvalue weighted by molar-refractivity contribution is -0.0328. The molecule has 0 amide bonds. The highest BCUT2D eigenvalue weighted by Gasteiger charge is 2.28. The Hall–Kier alpha value is -0.730. The van der Waals surface area contributed by atoms with Gasteiger partial charge in [-0.2, -0.15) is 25.8 Å². The van der Waals surface area contributed by atoms with E-state index in [4.69, 9.17) is 0 Å². The Morgan fingerprint density at radius 3 is 2.31 bits per heavy atom. The minimum Gasteiger partial charge on any atom is -0.178 e. The van der Waals surface area contributed by atoms with Gasteiger partial charge in [0.2, 0.25) is 0 Å². The third-order valence-corrected chi connectivity index (χ3v) is 2.52. The van der Waals surface area contributed by atoms with Crippen LogP contribution in [-0.4, -0.2) is 11.3 Å².